The molecule has 0 N–H and O–H groups in total. The number of aryl methyl sites for hydroxylation is 2. The number of hydrogen-bond donors (Lipinski definition) is 0. The van der Waals surface area contributed by atoms with Crippen LogP contribution < -0.4 is 0 Å². The van der Waals surface area contributed by atoms with Gasteiger partial charge < -0.3 is 4.90 Å². The van der Waals surface area contributed by atoms with E-state index in [4.69, 9.17) is 4.98 Å². The molecule has 1 aliphatic rings. The smallest absolute Gasteiger partial charge is 0.255 e. The number of pyridine rings is 2. The lowest BCUT2D eigenvalue weighted by atomic mass is 10.0. The summed E-state index contributed by atoms with van der Waals surface area (Å²) in [6.07, 6.45) is 3.77. The fraction of sp³-hybridized carbons (Fsp3) is 0.409. The summed E-state index contributed by atoms with van der Waals surface area (Å²) in [5.41, 5.74) is 3.95. The molecule has 5 heterocycles. The fourth-order valence-corrected chi connectivity index (χ4v) is 4.45. The molecule has 0 aromatic carbocycles. The molecule has 8 heteroatoms. The molecule has 0 saturated carbocycles. The van der Waals surface area contributed by atoms with Crippen LogP contribution in [0.4, 0.5) is 0 Å². The van der Waals surface area contributed by atoms with Gasteiger partial charge in [0.25, 0.3) is 5.91 Å². The number of aromatic nitrogens is 6. The van der Waals surface area contributed by atoms with Crippen LogP contribution in [0.1, 0.15) is 66.2 Å². The number of carbonyl (C=O) groups is 1. The summed E-state index contributed by atoms with van der Waals surface area (Å²) in [4.78, 5) is 20.6. The Morgan fingerprint density at radius 3 is 2.87 bits per heavy atom. The molecule has 1 amide bonds. The Kier molecular flexibility index (Phi) is 4.30. The highest BCUT2D eigenvalue weighted by Crippen LogP contribution is 2.34. The second-order valence-corrected chi connectivity index (χ2v) is 8.30. The van der Waals surface area contributed by atoms with Crippen molar-refractivity contribution in [3.8, 4) is 0 Å². The van der Waals surface area contributed by atoms with E-state index >= 15 is 0 Å². The van der Waals surface area contributed by atoms with Gasteiger partial charge >= 0.3 is 0 Å². The Balaban J connectivity index is 1.62. The van der Waals surface area contributed by atoms with Gasteiger partial charge in [-0.1, -0.05) is 19.9 Å². The Morgan fingerprint density at radius 1 is 1.23 bits per heavy atom. The lowest BCUT2D eigenvalue weighted by molar-refractivity contribution is 0.0731. The van der Waals surface area contributed by atoms with Crippen LogP contribution in [-0.2, 0) is 7.05 Å². The molecule has 0 bridgehead atoms. The molecule has 30 heavy (non-hydrogen) atoms. The van der Waals surface area contributed by atoms with Crippen molar-refractivity contribution in [3.63, 3.8) is 0 Å². The maximum Gasteiger partial charge on any atom is 0.255 e. The number of amides is 1. The van der Waals surface area contributed by atoms with Gasteiger partial charge in [-0.05, 0) is 43.9 Å². The van der Waals surface area contributed by atoms with Gasteiger partial charge in [-0.25, -0.2) is 4.98 Å². The minimum absolute atomic E-state index is 0.00980. The third-order valence-corrected chi connectivity index (χ3v) is 5.96. The summed E-state index contributed by atoms with van der Waals surface area (Å²) in [7, 11) is 1.88. The quantitative estimate of drug-likeness (QED) is 0.524. The third-order valence-electron chi connectivity index (χ3n) is 5.96. The summed E-state index contributed by atoms with van der Waals surface area (Å²) in [6.45, 7) is 6.81. The van der Waals surface area contributed by atoms with E-state index in [-0.39, 0.29) is 17.9 Å². The number of nitrogens with zero attached hydrogens (tertiary/aromatic N) is 7. The molecule has 1 saturated heterocycles. The first kappa shape index (κ1) is 18.7. The minimum atomic E-state index is -0.0995. The van der Waals surface area contributed by atoms with Gasteiger partial charge in [0, 0.05) is 25.5 Å². The molecule has 154 valence electrons. The maximum atomic E-state index is 13.8. The predicted molar refractivity (Wildman–Crippen MR) is 113 cm³/mol. The molecular formula is C22H25N7O. The Labute approximate surface area is 174 Å². The van der Waals surface area contributed by atoms with Crippen LogP contribution in [0.25, 0.3) is 16.7 Å². The van der Waals surface area contributed by atoms with E-state index in [1.54, 1.807) is 4.68 Å². The van der Waals surface area contributed by atoms with Gasteiger partial charge in [-0.3, -0.25) is 13.9 Å². The molecule has 1 aliphatic heterocycles. The van der Waals surface area contributed by atoms with Crippen molar-refractivity contribution in [2.75, 3.05) is 6.54 Å². The van der Waals surface area contributed by atoms with E-state index in [0.717, 1.165) is 46.7 Å². The zero-order valence-corrected chi connectivity index (χ0v) is 17.7. The molecule has 5 rings (SSSR count). The Bertz CT molecular complexity index is 1270. The Morgan fingerprint density at radius 2 is 2.07 bits per heavy atom. The Hall–Kier alpha value is -3.29. The van der Waals surface area contributed by atoms with Gasteiger partial charge in [0.1, 0.15) is 0 Å². The van der Waals surface area contributed by atoms with Gasteiger partial charge in [-0.15, -0.1) is 10.2 Å². The van der Waals surface area contributed by atoms with E-state index in [2.05, 4.69) is 29.1 Å². The van der Waals surface area contributed by atoms with Crippen molar-refractivity contribution in [1.82, 2.24) is 34.3 Å². The molecule has 0 spiro atoms. The average Bonchev–Trinajstić information content (AvgIpc) is 3.44. The van der Waals surface area contributed by atoms with Crippen molar-refractivity contribution in [1.29, 1.82) is 0 Å². The number of fused-ring (bicyclic) bond motifs is 2. The molecule has 8 nitrogen and oxygen atoms in total. The fourth-order valence-electron chi connectivity index (χ4n) is 4.45. The summed E-state index contributed by atoms with van der Waals surface area (Å²) >= 11 is 0. The normalized spacial score (nSPS) is 17.0. The first-order chi connectivity index (χ1) is 14.5. The standard InChI is InChI=1S/C22H25N7O/c1-13(2)16-12-15(19-14(3)26-27(4)21(19)23-16)22(30)28-11-7-8-17(28)20-25-24-18-9-5-6-10-29(18)20/h5-6,9-10,12-13,17H,7-8,11H2,1-4H3/t17-/m1/s1. The molecule has 1 atom stereocenters. The predicted octanol–water partition coefficient (Wildman–Crippen LogP) is 3.42. The van der Waals surface area contributed by atoms with Crippen LogP contribution in [-0.4, -0.2) is 46.7 Å². The van der Waals surface area contributed by atoms with Crippen molar-refractivity contribution >= 4 is 22.6 Å². The lowest BCUT2D eigenvalue weighted by Crippen LogP contribution is -2.32. The zero-order chi connectivity index (χ0) is 21.0. The van der Waals surface area contributed by atoms with Crippen molar-refractivity contribution < 1.29 is 4.79 Å². The number of hydrogen-bond acceptors (Lipinski definition) is 5. The average molecular weight is 403 g/mol. The van der Waals surface area contributed by atoms with Crippen LogP contribution in [0.2, 0.25) is 0 Å². The second kappa shape index (κ2) is 6.90. The number of carbonyl (C=O) groups excluding carboxylic acids is 1. The van der Waals surface area contributed by atoms with E-state index in [1.165, 1.54) is 0 Å². The highest BCUT2D eigenvalue weighted by molar-refractivity contribution is 6.06. The highest BCUT2D eigenvalue weighted by Gasteiger charge is 2.35. The van der Waals surface area contributed by atoms with Crippen molar-refractivity contribution in [2.45, 2.75) is 45.6 Å². The summed E-state index contributed by atoms with van der Waals surface area (Å²) in [5.74, 6) is 1.04. The van der Waals surface area contributed by atoms with E-state index in [9.17, 15) is 4.79 Å². The first-order valence-corrected chi connectivity index (χ1v) is 10.4. The van der Waals surface area contributed by atoms with Crippen LogP contribution >= 0.6 is 0 Å². The molecule has 4 aromatic rings. The number of likely N-dealkylation sites (tertiary alicyclic amines) is 1. The van der Waals surface area contributed by atoms with E-state index in [0.29, 0.717) is 12.1 Å². The second-order valence-electron chi connectivity index (χ2n) is 8.30. The van der Waals surface area contributed by atoms with Crippen LogP contribution in [0.5, 0.6) is 0 Å². The zero-order valence-electron chi connectivity index (χ0n) is 17.7. The van der Waals surface area contributed by atoms with Crippen LogP contribution in [0.3, 0.4) is 0 Å². The third kappa shape index (κ3) is 2.78. The molecule has 0 aliphatic carbocycles. The largest absolute Gasteiger partial charge is 0.328 e. The van der Waals surface area contributed by atoms with Crippen LogP contribution in [0, 0.1) is 6.92 Å². The minimum Gasteiger partial charge on any atom is -0.328 e. The number of rotatable bonds is 3. The molecule has 0 radical (unpaired) electrons. The topological polar surface area (TPSA) is 81.2 Å². The lowest BCUT2D eigenvalue weighted by Gasteiger charge is -2.24. The highest BCUT2D eigenvalue weighted by atomic mass is 16.2. The van der Waals surface area contributed by atoms with Gasteiger partial charge in [0.15, 0.2) is 17.1 Å². The SMILES string of the molecule is Cc1nn(C)c2nc(C(C)C)cc(C(=O)N3CCC[C@@H]3c3nnc4ccccn34)c12. The molecule has 1 fully saturated rings. The monoisotopic (exact) mass is 403 g/mol. The molecular weight excluding hydrogens is 378 g/mol. The molecule has 0 unspecified atom stereocenters. The van der Waals surface area contributed by atoms with Crippen molar-refractivity contribution in [2.24, 2.45) is 7.05 Å². The summed E-state index contributed by atoms with van der Waals surface area (Å²) in [5, 5.41) is 14.1. The maximum absolute atomic E-state index is 13.8. The van der Waals surface area contributed by atoms with E-state index < -0.39 is 0 Å². The van der Waals surface area contributed by atoms with E-state index in [1.807, 2.05) is 53.7 Å². The van der Waals surface area contributed by atoms with Gasteiger partial charge in [0.2, 0.25) is 0 Å². The van der Waals surface area contributed by atoms with Crippen molar-refractivity contribution in [3.05, 3.63) is 53.2 Å². The summed E-state index contributed by atoms with van der Waals surface area (Å²) < 4.78 is 3.74. The van der Waals surface area contributed by atoms with Crippen LogP contribution in [0.15, 0.2) is 30.5 Å². The summed E-state index contributed by atoms with van der Waals surface area (Å²) in [6, 6.07) is 7.68. The molecule has 4 aromatic heterocycles. The van der Waals surface area contributed by atoms with Gasteiger partial charge in [0.05, 0.1) is 22.7 Å². The van der Waals surface area contributed by atoms with Gasteiger partial charge in [-0.2, -0.15) is 5.10 Å². The first-order valence-electron chi connectivity index (χ1n) is 10.4.